The van der Waals surface area contributed by atoms with E-state index in [1.807, 2.05) is 6.07 Å². The predicted octanol–water partition coefficient (Wildman–Crippen LogP) is 3.94. The Kier molecular flexibility index (Phi) is 7.75. The van der Waals surface area contributed by atoms with Gasteiger partial charge >= 0.3 is 0 Å². The predicted molar refractivity (Wildman–Crippen MR) is 126 cm³/mol. The van der Waals surface area contributed by atoms with E-state index in [0.717, 1.165) is 24.3 Å². The maximum absolute atomic E-state index is 14.4. The molecule has 0 bridgehead atoms. The van der Waals surface area contributed by atoms with Crippen LogP contribution in [0.15, 0.2) is 60.7 Å². The third-order valence-corrected chi connectivity index (χ3v) is 7.02. The molecule has 0 fully saturated rings. The van der Waals surface area contributed by atoms with Gasteiger partial charge < -0.3 is 15.2 Å². The number of ether oxygens (including phenoxy) is 1. The number of nitriles is 1. The number of methoxy groups -OCH3 is 1. The molecule has 1 atom stereocenters. The highest BCUT2D eigenvalue weighted by Gasteiger charge is 2.43. The van der Waals surface area contributed by atoms with Crippen LogP contribution in [0.25, 0.3) is 0 Å². The van der Waals surface area contributed by atoms with Gasteiger partial charge in [0.15, 0.2) is 27.0 Å². The number of rotatable bonds is 8. The number of nitrogens with zero attached hydrogens (tertiary/aromatic N) is 1. The first-order valence-electron chi connectivity index (χ1n) is 10.00. The van der Waals surface area contributed by atoms with Crippen molar-refractivity contribution in [2.45, 2.75) is 11.4 Å². The number of sulfone groups is 1. The maximum atomic E-state index is 14.4. The van der Waals surface area contributed by atoms with Gasteiger partial charge in [0, 0.05) is 5.69 Å². The van der Waals surface area contributed by atoms with Gasteiger partial charge in [-0.3, -0.25) is 4.79 Å². The van der Waals surface area contributed by atoms with Gasteiger partial charge in [0.05, 0.1) is 29.2 Å². The summed E-state index contributed by atoms with van der Waals surface area (Å²) in [6, 6.07) is 13.6. The molecule has 2 N–H and O–H groups in total. The van der Waals surface area contributed by atoms with Crippen molar-refractivity contribution in [2.24, 2.45) is 0 Å². The molecule has 182 valence electrons. The Morgan fingerprint density at radius 3 is 2.40 bits per heavy atom. The van der Waals surface area contributed by atoms with Crippen molar-refractivity contribution in [3.8, 4) is 11.8 Å². The Bertz CT molecular complexity index is 1410. The Morgan fingerprint density at radius 2 is 1.83 bits per heavy atom. The number of halogens is 3. The van der Waals surface area contributed by atoms with Gasteiger partial charge in [0.2, 0.25) is 0 Å². The molecule has 11 heteroatoms. The Balaban J connectivity index is 2.00. The molecule has 0 aliphatic carbocycles. The summed E-state index contributed by atoms with van der Waals surface area (Å²) in [5, 5.41) is 22.8. The second-order valence-electron chi connectivity index (χ2n) is 7.63. The summed E-state index contributed by atoms with van der Waals surface area (Å²) >= 11 is 5.98. The van der Waals surface area contributed by atoms with Crippen LogP contribution in [-0.4, -0.2) is 32.3 Å². The molecule has 0 saturated carbocycles. The second kappa shape index (κ2) is 10.4. The van der Waals surface area contributed by atoms with Crippen LogP contribution in [0.2, 0.25) is 5.02 Å². The monoisotopic (exact) mass is 520 g/mol. The molecule has 7 nitrogen and oxygen atoms in total. The number of benzene rings is 3. The minimum atomic E-state index is -4.19. The minimum Gasteiger partial charge on any atom is -0.494 e. The second-order valence-corrected chi connectivity index (χ2v) is 10.1. The zero-order chi connectivity index (χ0) is 25.8. The first-order valence-corrected chi connectivity index (χ1v) is 12.2. The quantitative estimate of drug-likeness (QED) is 0.465. The van der Waals surface area contributed by atoms with Gasteiger partial charge in [0.1, 0.15) is 11.9 Å². The highest BCUT2D eigenvalue weighted by Crippen LogP contribution is 2.31. The molecule has 0 saturated heterocycles. The van der Waals surface area contributed by atoms with E-state index in [2.05, 4.69) is 5.32 Å². The number of aliphatic hydroxyl groups is 1. The zero-order valence-electron chi connectivity index (χ0n) is 18.3. The summed E-state index contributed by atoms with van der Waals surface area (Å²) < 4.78 is 58.4. The van der Waals surface area contributed by atoms with Crippen LogP contribution in [0.4, 0.5) is 14.5 Å². The molecule has 35 heavy (non-hydrogen) atoms. The SMILES string of the molecule is COc1ccc(C(O)(CS(=O)(=O)Cc2ccc(F)cc2)C(=O)Nc2ccc(C#N)c(Cl)c2)cc1F. The van der Waals surface area contributed by atoms with Crippen molar-refractivity contribution in [1.82, 2.24) is 0 Å². The lowest BCUT2D eigenvalue weighted by Gasteiger charge is -2.28. The lowest BCUT2D eigenvalue weighted by atomic mass is 9.94. The van der Waals surface area contributed by atoms with E-state index < -0.39 is 44.5 Å². The summed E-state index contributed by atoms with van der Waals surface area (Å²) in [4.78, 5) is 13.2. The summed E-state index contributed by atoms with van der Waals surface area (Å²) in [6.45, 7) is 0. The summed E-state index contributed by atoms with van der Waals surface area (Å²) in [7, 11) is -2.97. The van der Waals surface area contributed by atoms with Crippen molar-refractivity contribution in [1.29, 1.82) is 5.26 Å². The van der Waals surface area contributed by atoms with Crippen molar-refractivity contribution < 1.29 is 31.8 Å². The van der Waals surface area contributed by atoms with E-state index in [0.29, 0.717) is 0 Å². The van der Waals surface area contributed by atoms with Crippen LogP contribution in [0.5, 0.6) is 5.75 Å². The molecule has 3 aromatic carbocycles. The van der Waals surface area contributed by atoms with Crippen molar-refractivity contribution in [3.05, 3.63) is 94.0 Å². The lowest BCUT2D eigenvalue weighted by Crippen LogP contribution is -2.46. The van der Waals surface area contributed by atoms with Gasteiger partial charge in [0.25, 0.3) is 5.91 Å². The van der Waals surface area contributed by atoms with Gasteiger partial charge in [-0.05, 0) is 53.6 Å². The molecule has 3 rings (SSSR count). The van der Waals surface area contributed by atoms with Crippen molar-refractivity contribution in [3.63, 3.8) is 0 Å². The zero-order valence-corrected chi connectivity index (χ0v) is 19.8. The molecule has 0 spiro atoms. The Labute approximate surface area is 205 Å². The number of carbonyl (C=O) groups is 1. The smallest absolute Gasteiger partial charge is 0.262 e. The van der Waals surface area contributed by atoms with Crippen LogP contribution < -0.4 is 10.1 Å². The van der Waals surface area contributed by atoms with Gasteiger partial charge in [-0.2, -0.15) is 5.26 Å². The van der Waals surface area contributed by atoms with Crippen molar-refractivity contribution >= 4 is 33.0 Å². The van der Waals surface area contributed by atoms with Crippen LogP contribution in [-0.2, 0) is 26.0 Å². The number of hydrogen-bond donors (Lipinski definition) is 2. The third kappa shape index (κ3) is 6.14. The van der Waals surface area contributed by atoms with E-state index in [4.69, 9.17) is 21.6 Å². The minimum absolute atomic E-state index is 0.0215. The fraction of sp³-hybridized carbons (Fsp3) is 0.167. The van der Waals surface area contributed by atoms with Gasteiger partial charge in [-0.1, -0.05) is 29.8 Å². The summed E-state index contributed by atoms with van der Waals surface area (Å²) in [6.07, 6.45) is 0. The highest BCUT2D eigenvalue weighted by molar-refractivity contribution is 7.90. The molecule has 3 aromatic rings. The average Bonchev–Trinajstić information content (AvgIpc) is 2.80. The highest BCUT2D eigenvalue weighted by atomic mass is 35.5. The lowest BCUT2D eigenvalue weighted by molar-refractivity contribution is -0.132. The number of anilines is 1. The van der Waals surface area contributed by atoms with Crippen LogP contribution in [0.3, 0.4) is 0 Å². The van der Waals surface area contributed by atoms with Crippen molar-refractivity contribution in [2.75, 3.05) is 18.2 Å². The molecule has 0 aliphatic heterocycles. The van der Waals surface area contributed by atoms with Crippen LogP contribution >= 0.6 is 11.6 Å². The molecular formula is C24H19ClF2N2O5S. The maximum Gasteiger partial charge on any atom is 0.262 e. The topological polar surface area (TPSA) is 116 Å². The first kappa shape index (κ1) is 26.1. The van der Waals surface area contributed by atoms with Crippen LogP contribution in [0, 0.1) is 23.0 Å². The fourth-order valence-electron chi connectivity index (χ4n) is 3.33. The Morgan fingerprint density at radius 1 is 1.14 bits per heavy atom. The molecule has 0 heterocycles. The normalized spacial score (nSPS) is 12.9. The van der Waals surface area contributed by atoms with E-state index in [-0.39, 0.29) is 33.1 Å². The molecular weight excluding hydrogens is 502 g/mol. The average molecular weight is 521 g/mol. The Hall–Kier alpha value is -3.52. The van der Waals surface area contributed by atoms with Gasteiger partial charge in [-0.15, -0.1) is 0 Å². The number of carbonyl (C=O) groups excluding carboxylic acids is 1. The van der Waals surface area contributed by atoms with Gasteiger partial charge in [-0.25, -0.2) is 17.2 Å². The number of amides is 1. The molecule has 1 amide bonds. The van der Waals surface area contributed by atoms with E-state index in [1.54, 1.807) is 0 Å². The fourth-order valence-corrected chi connectivity index (χ4v) is 5.28. The summed E-state index contributed by atoms with van der Waals surface area (Å²) in [5.74, 6) is -4.55. The molecule has 0 aromatic heterocycles. The third-order valence-electron chi connectivity index (χ3n) is 5.08. The van der Waals surface area contributed by atoms with E-state index in [9.17, 15) is 27.1 Å². The largest absolute Gasteiger partial charge is 0.494 e. The van der Waals surface area contributed by atoms with Crippen LogP contribution in [0.1, 0.15) is 16.7 Å². The molecule has 1 unspecified atom stereocenters. The first-order chi connectivity index (χ1) is 16.5. The number of hydrogen-bond acceptors (Lipinski definition) is 6. The molecule has 0 radical (unpaired) electrons. The molecule has 0 aliphatic rings. The van der Waals surface area contributed by atoms with E-state index >= 15 is 0 Å². The standard InChI is InChI=1S/C24H19ClF2N2O5S/c1-34-22-9-5-17(10-21(22)27)24(31,14-35(32,33)13-15-2-6-18(26)7-3-15)23(30)29-19-8-4-16(12-28)20(25)11-19/h2-11,31H,13-14H2,1H3,(H,29,30). The summed E-state index contributed by atoms with van der Waals surface area (Å²) in [5.41, 5.74) is -2.63. The number of nitrogens with one attached hydrogen (secondary N) is 1. The van der Waals surface area contributed by atoms with E-state index in [1.165, 1.54) is 43.5 Å².